The highest BCUT2D eigenvalue weighted by Gasteiger charge is 2.44. The highest BCUT2D eigenvalue weighted by atomic mass is 32.2. The SMILES string of the molecule is CC1CCCN(C(=O)N2C(C(=O)O)CSC2C(C)C)C1. The van der Waals surface area contributed by atoms with Gasteiger partial charge < -0.3 is 10.0 Å². The molecule has 0 aromatic rings. The Balaban J connectivity index is 2.16. The second-order valence-corrected chi connectivity index (χ2v) is 7.35. The van der Waals surface area contributed by atoms with E-state index in [1.807, 2.05) is 18.7 Å². The Hall–Kier alpha value is -0.910. The van der Waals surface area contributed by atoms with Crippen molar-refractivity contribution < 1.29 is 14.7 Å². The van der Waals surface area contributed by atoms with E-state index in [-0.39, 0.29) is 17.3 Å². The highest BCUT2D eigenvalue weighted by Crippen LogP contribution is 2.35. The fraction of sp³-hybridized carbons (Fsp3) is 0.857. The average Bonchev–Trinajstić information content (AvgIpc) is 2.82. The maximum Gasteiger partial charge on any atom is 0.327 e. The number of nitrogens with zero attached hydrogens (tertiary/aromatic N) is 2. The van der Waals surface area contributed by atoms with Crippen LogP contribution in [0.3, 0.4) is 0 Å². The summed E-state index contributed by atoms with van der Waals surface area (Å²) < 4.78 is 0. The van der Waals surface area contributed by atoms with Gasteiger partial charge in [-0.25, -0.2) is 9.59 Å². The summed E-state index contributed by atoms with van der Waals surface area (Å²) in [7, 11) is 0. The molecule has 0 radical (unpaired) electrons. The predicted molar refractivity (Wildman–Crippen MR) is 79.7 cm³/mol. The molecule has 2 fully saturated rings. The lowest BCUT2D eigenvalue weighted by atomic mass is 10.0. The first-order valence-electron chi connectivity index (χ1n) is 7.33. The third-order valence-electron chi connectivity index (χ3n) is 4.04. The van der Waals surface area contributed by atoms with E-state index in [1.54, 1.807) is 16.7 Å². The minimum Gasteiger partial charge on any atom is -0.480 e. The number of carbonyl (C=O) groups is 2. The van der Waals surface area contributed by atoms with Crippen LogP contribution in [0.5, 0.6) is 0 Å². The van der Waals surface area contributed by atoms with Crippen LogP contribution in [0.15, 0.2) is 0 Å². The molecule has 0 aromatic heterocycles. The molecule has 0 bridgehead atoms. The number of hydrogen-bond acceptors (Lipinski definition) is 3. The summed E-state index contributed by atoms with van der Waals surface area (Å²) in [5, 5.41) is 9.33. The van der Waals surface area contributed by atoms with Crippen LogP contribution >= 0.6 is 11.8 Å². The first kappa shape index (κ1) is 15.5. The van der Waals surface area contributed by atoms with E-state index in [1.165, 1.54) is 0 Å². The molecule has 2 rings (SSSR count). The number of carboxylic acid groups (broad SMARTS) is 1. The van der Waals surface area contributed by atoms with Crippen molar-refractivity contribution in [2.75, 3.05) is 18.8 Å². The monoisotopic (exact) mass is 300 g/mol. The van der Waals surface area contributed by atoms with Crippen molar-refractivity contribution in [3.63, 3.8) is 0 Å². The molecule has 2 amide bonds. The number of urea groups is 1. The number of piperidine rings is 1. The van der Waals surface area contributed by atoms with Gasteiger partial charge in [0.25, 0.3) is 0 Å². The molecule has 6 heteroatoms. The largest absolute Gasteiger partial charge is 0.480 e. The standard InChI is InChI=1S/C14H24N2O3S/c1-9(2)12-16(11(8-20-12)13(17)18)14(19)15-6-4-5-10(3)7-15/h9-12H,4-8H2,1-3H3,(H,17,18). The van der Waals surface area contributed by atoms with Crippen molar-refractivity contribution in [1.29, 1.82) is 0 Å². The van der Waals surface area contributed by atoms with E-state index in [0.717, 1.165) is 25.9 Å². The Morgan fingerprint density at radius 3 is 2.60 bits per heavy atom. The van der Waals surface area contributed by atoms with Gasteiger partial charge in [0.2, 0.25) is 0 Å². The molecular formula is C14H24N2O3S. The van der Waals surface area contributed by atoms with E-state index in [0.29, 0.717) is 11.7 Å². The Kier molecular flexibility index (Phi) is 4.83. The minimum absolute atomic E-state index is 0.0270. The van der Waals surface area contributed by atoms with Gasteiger partial charge in [-0.15, -0.1) is 11.8 Å². The molecular weight excluding hydrogens is 276 g/mol. The van der Waals surface area contributed by atoms with Gasteiger partial charge in [-0.1, -0.05) is 20.8 Å². The first-order valence-corrected chi connectivity index (χ1v) is 8.38. The molecule has 3 atom stereocenters. The van der Waals surface area contributed by atoms with Gasteiger partial charge in [-0.3, -0.25) is 4.90 Å². The van der Waals surface area contributed by atoms with Crippen LogP contribution in [0.4, 0.5) is 4.79 Å². The Morgan fingerprint density at radius 2 is 2.05 bits per heavy atom. The Morgan fingerprint density at radius 1 is 1.35 bits per heavy atom. The smallest absolute Gasteiger partial charge is 0.327 e. The van der Waals surface area contributed by atoms with Crippen molar-refractivity contribution >= 4 is 23.8 Å². The average molecular weight is 300 g/mol. The van der Waals surface area contributed by atoms with Gasteiger partial charge in [0, 0.05) is 18.8 Å². The lowest BCUT2D eigenvalue weighted by Gasteiger charge is -2.38. The molecule has 5 nitrogen and oxygen atoms in total. The second-order valence-electron chi connectivity index (χ2n) is 6.21. The number of rotatable bonds is 2. The van der Waals surface area contributed by atoms with E-state index >= 15 is 0 Å². The summed E-state index contributed by atoms with van der Waals surface area (Å²) >= 11 is 1.59. The highest BCUT2D eigenvalue weighted by molar-refractivity contribution is 8.00. The molecule has 2 heterocycles. The van der Waals surface area contributed by atoms with Crippen LogP contribution in [-0.2, 0) is 4.79 Å². The summed E-state index contributed by atoms with van der Waals surface area (Å²) in [5.74, 6) is 0.367. The molecule has 2 aliphatic rings. The third kappa shape index (κ3) is 3.05. The molecule has 2 aliphatic heterocycles. The van der Waals surface area contributed by atoms with E-state index < -0.39 is 12.0 Å². The van der Waals surface area contributed by atoms with Crippen LogP contribution in [0.1, 0.15) is 33.6 Å². The van der Waals surface area contributed by atoms with Gasteiger partial charge >= 0.3 is 12.0 Å². The number of carbonyl (C=O) groups excluding carboxylic acids is 1. The quantitative estimate of drug-likeness (QED) is 0.850. The van der Waals surface area contributed by atoms with Crippen molar-refractivity contribution in [3.8, 4) is 0 Å². The number of hydrogen-bond donors (Lipinski definition) is 1. The Labute approximate surface area is 124 Å². The van der Waals surface area contributed by atoms with E-state index in [9.17, 15) is 14.7 Å². The molecule has 0 aromatic carbocycles. The number of thioether (sulfide) groups is 1. The molecule has 3 unspecified atom stereocenters. The van der Waals surface area contributed by atoms with Gasteiger partial charge in [-0.05, 0) is 24.7 Å². The van der Waals surface area contributed by atoms with E-state index in [4.69, 9.17) is 0 Å². The van der Waals surface area contributed by atoms with Gasteiger partial charge in [0.1, 0.15) is 6.04 Å². The van der Waals surface area contributed by atoms with Crippen molar-refractivity contribution in [3.05, 3.63) is 0 Å². The van der Waals surface area contributed by atoms with Crippen molar-refractivity contribution in [1.82, 2.24) is 9.80 Å². The summed E-state index contributed by atoms with van der Waals surface area (Å²) in [6.07, 6.45) is 2.16. The zero-order chi connectivity index (χ0) is 14.9. The Bertz CT molecular complexity index is 389. The second kappa shape index (κ2) is 6.24. The van der Waals surface area contributed by atoms with Crippen molar-refractivity contribution in [2.45, 2.75) is 45.0 Å². The third-order valence-corrected chi connectivity index (χ3v) is 5.66. The van der Waals surface area contributed by atoms with Crippen LogP contribution in [-0.4, -0.2) is 57.2 Å². The maximum atomic E-state index is 12.8. The summed E-state index contributed by atoms with van der Waals surface area (Å²) in [5.41, 5.74) is 0. The lowest BCUT2D eigenvalue weighted by molar-refractivity contribution is -0.141. The summed E-state index contributed by atoms with van der Waals surface area (Å²) in [6, 6.07) is -0.773. The van der Waals surface area contributed by atoms with Gasteiger partial charge in [0.15, 0.2) is 0 Å². The molecule has 0 aliphatic carbocycles. The minimum atomic E-state index is -0.890. The van der Waals surface area contributed by atoms with Crippen LogP contribution < -0.4 is 0 Å². The van der Waals surface area contributed by atoms with Crippen LogP contribution in [0.25, 0.3) is 0 Å². The molecule has 114 valence electrons. The number of likely N-dealkylation sites (tertiary alicyclic amines) is 1. The van der Waals surface area contributed by atoms with E-state index in [2.05, 4.69) is 6.92 Å². The first-order chi connectivity index (χ1) is 9.41. The molecule has 2 saturated heterocycles. The number of amides is 2. The zero-order valence-corrected chi connectivity index (χ0v) is 13.2. The molecule has 0 spiro atoms. The zero-order valence-electron chi connectivity index (χ0n) is 12.4. The summed E-state index contributed by atoms with van der Waals surface area (Å²) in [6.45, 7) is 7.73. The molecule has 0 saturated carbocycles. The maximum absolute atomic E-state index is 12.8. The fourth-order valence-electron chi connectivity index (χ4n) is 3.00. The van der Waals surface area contributed by atoms with Crippen LogP contribution in [0, 0.1) is 11.8 Å². The topological polar surface area (TPSA) is 60.9 Å². The predicted octanol–water partition coefficient (Wildman–Crippen LogP) is 2.32. The fourth-order valence-corrected chi connectivity index (χ4v) is 4.47. The number of carboxylic acids is 1. The molecule has 20 heavy (non-hydrogen) atoms. The van der Waals surface area contributed by atoms with Gasteiger partial charge in [-0.2, -0.15) is 0 Å². The lowest BCUT2D eigenvalue weighted by Crippen LogP contribution is -2.54. The molecule has 1 N–H and O–H groups in total. The normalized spacial score (nSPS) is 30.9. The summed E-state index contributed by atoms with van der Waals surface area (Å²) in [4.78, 5) is 27.6. The van der Waals surface area contributed by atoms with Crippen molar-refractivity contribution in [2.24, 2.45) is 11.8 Å². The van der Waals surface area contributed by atoms with Crippen LogP contribution in [0.2, 0.25) is 0 Å². The van der Waals surface area contributed by atoms with Gasteiger partial charge in [0.05, 0.1) is 5.37 Å². The number of aliphatic carboxylic acids is 1.